The minimum atomic E-state index is -3.63. The first-order valence-corrected chi connectivity index (χ1v) is 8.11. The lowest BCUT2D eigenvalue weighted by Crippen LogP contribution is -2.45. The van der Waals surface area contributed by atoms with Crippen LogP contribution in [-0.4, -0.2) is 38.7 Å². The Labute approximate surface area is 120 Å². The summed E-state index contributed by atoms with van der Waals surface area (Å²) in [6, 6.07) is 3.26. The number of anilines is 1. The van der Waals surface area contributed by atoms with Crippen molar-refractivity contribution >= 4 is 15.7 Å². The average Bonchev–Trinajstić information content (AvgIpc) is 2.37. The van der Waals surface area contributed by atoms with Crippen LogP contribution in [0.5, 0.6) is 0 Å². The van der Waals surface area contributed by atoms with E-state index in [0.29, 0.717) is 25.1 Å². The molecule has 0 saturated carbocycles. The maximum absolute atomic E-state index is 12.4. The molecule has 112 valence electrons. The molecule has 1 aromatic heterocycles. The molecule has 0 aromatic carbocycles. The molecule has 20 heavy (non-hydrogen) atoms. The Bertz CT molecular complexity index is 572. The molecule has 2 heterocycles. The lowest BCUT2D eigenvalue weighted by molar-refractivity contribution is -0.0599. The predicted molar refractivity (Wildman–Crippen MR) is 77.2 cm³/mol. The minimum absolute atomic E-state index is 0.0341. The third kappa shape index (κ3) is 3.47. The van der Waals surface area contributed by atoms with Gasteiger partial charge in [0.15, 0.2) is 5.03 Å². The molecule has 1 aromatic rings. The molecule has 1 fully saturated rings. The summed E-state index contributed by atoms with van der Waals surface area (Å²) in [5.74, 6) is 0. The van der Waals surface area contributed by atoms with Gasteiger partial charge in [0.25, 0.3) is 10.0 Å². The molecule has 1 saturated heterocycles. The van der Waals surface area contributed by atoms with E-state index in [4.69, 9.17) is 4.74 Å². The highest BCUT2D eigenvalue weighted by molar-refractivity contribution is 7.89. The smallest absolute Gasteiger partial charge is 0.260 e. The van der Waals surface area contributed by atoms with Gasteiger partial charge >= 0.3 is 0 Å². The molecule has 2 N–H and O–H groups in total. The lowest BCUT2D eigenvalue weighted by atomic mass is 9.95. The Morgan fingerprint density at radius 1 is 1.45 bits per heavy atom. The van der Waals surface area contributed by atoms with Crippen LogP contribution in [0.1, 0.15) is 26.7 Å². The molecular weight excluding hydrogens is 278 g/mol. The van der Waals surface area contributed by atoms with Gasteiger partial charge in [0.1, 0.15) is 0 Å². The molecule has 0 amide bonds. The van der Waals surface area contributed by atoms with E-state index in [0.717, 1.165) is 0 Å². The van der Waals surface area contributed by atoms with Gasteiger partial charge in [-0.1, -0.05) is 0 Å². The molecule has 0 bridgehead atoms. The Morgan fingerprint density at radius 2 is 2.20 bits per heavy atom. The van der Waals surface area contributed by atoms with Crippen molar-refractivity contribution in [2.75, 3.05) is 19.0 Å². The van der Waals surface area contributed by atoms with Gasteiger partial charge in [0, 0.05) is 25.9 Å². The zero-order valence-electron chi connectivity index (χ0n) is 12.0. The van der Waals surface area contributed by atoms with Crippen molar-refractivity contribution in [2.45, 2.75) is 43.4 Å². The van der Waals surface area contributed by atoms with Crippen molar-refractivity contribution < 1.29 is 13.2 Å². The van der Waals surface area contributed by atoms with E-state index in [1.165, 1.54) is 6.20 Å². The normalized spacial score (nSPS) is 22.4. The summed E-state index contributed by atoms with van der Waals surface area (Å²) in [6.45, 7) is 4.49. The van der Waals surface area contributed by atoms with Crippen LogP contribution in [0.2, 0.25) is 0 Å². The van der Waals surface area contributed by atoms with Gasteiger partial charge in [-0.15, -0.1) is 0 Å². The fraction of sp³-hybridized carbons (Fsp3) is 0.615. The van der Waals surface area contributed by atoms with Crippen LogP contribution in [-0.2, 0) is 14.8 Å². The molecule has 1 unspecified atom stereocenters. The van der Waals surface area contributed by atoms with Gasteiger partial charge in [-0.2, -0.15) is 0 Å². The summed E-state index contributed by atoms with van der Waals surface area (Å²) < 4.78 is 33.2. The van der Waals surface area contributed by atoms with Crippen molar-refractivity contribution in [2.24, 2.45) is 0 Å². The number of ether oxygens (including phenoxy) is 1. The molecule has 7 heteroatoms. The van der Waals surface area contributed by atoms with Crippen molar-refractivity contribution in [3.8, 4) is 0 Å². The quantitative estimate of drug-likeness (QED) is 0.877. The summed E-state index contributed by atoms with van der Waals surface area (Å²) in [5.41, 5.74) is 0.188. The number of nitrogens with zero attached hydrogens (tertiary/aromatic N) is 1. The highest BCUT2D eigenvalue weighted by atomic mass is 32.2. The zero-order valence-corrected chi connectivity index (χ0v) is 12.8. The van der Waals surface area contributed by atoms with Crippen LogP contribution in [0.3, 0.4) is 0 Å². The number of pyridine rings is 1. The molecule has 6 nitrogen and oxygen atoms in total. The topological polar surface area (TPSA) is 80.3 Å². The SMILES string of the molecule is CNc1cccnc1S(=O)(=O)NC1CCOC(C)(C)C1. The third-order valence-corrected chi connectivity index (χ3v) is 4.79. The number of sulfonamides is 1. The predicted octanol–water partition coefficient (Wildman–Crippen LogP) is 1.36. The summed E-state index contributed by atoms with van der Waals surface area (Å²) in [6.07, 6.45) is 2.79. The van der Waals surface area contributed by atoms with Crippen LogP contribution in [0, 0.1) is 0 Å². The van der Waals surface area contributed by atoms with Crippen molar-refractivity contribution in [1.29, 1.82) is 0 Å². The second kappa shape index (κ2) is 5.67. The molecular formula is C13H21N3O3S. The van der Waals surface area contributed by atoms with E-state index in [1.807, 2.05) is 13.8 Å². The standard InChI is InChI=1S/C13H21N3O3S/c1-13(2)9-10(6-8-19-13)16-20(17,18)12-11(14-3)5-4-7-15-12/h4-5,7,10,14,16H,6,8-9H2,1-3H3. The van der Waals surface area contributed by atoms with E-state index >= 15 is 0 Å². The first-order chi connectivity index (χ1) is 9.34. The Kier molecular flexibility index (Phi) is 4.31. The first kappa shape index (κ1) is 15.2. The summed E-state index contributed by atoms with van der Waals surface area (Å²) in [4.78, 5) is 3.98. The summed E-state index contributed by atoms with van der Waals surface area (Å²) in [7, 11) is -1.96. The monoisotopic (exact) mass is 299 g/mol. The zero-order chi connectivity index (χ0) is 14.8. The average molecular weight is 299 g/mol. The molecule has 0 radical (unpaired) electrons. The molecule has 2 rings (SSSR count). The van der Waals surface area contributed by atoms with Gasteiger partial charge in [-0.05, 0) is 38.8 Å². The number of aromatic nitrogens is 1. The van der Waals surface area contributed by atoms with Crippen LogP contribution in [0.25, 0.3) is 0 Å². The largest absolute Gasteiger partial charge is 0.386 e. The number of hydrogen-bond donors (Lipinski definition) is 2. The second-order valence-electron chi connectivity index (χ2n) is 5.53. The van der Waals surface area contributed by atoms with Crippen LogP contribution in [0.15, 0.2) is 23.4 Å². The van der Waals surface area contributed by atoms with E-state index in [1.54, 1.807) is 19.2 Å². The maximum Gasteiger partial charge on any atom is 0.260 e. The maximum atomic E-state index is 12.4. The van der Waals surface area contributed by atoms with E-state index < -0.39 is 10.0 Å². The Morgan fingerprint density at radius 3 is 2.85 bits per heavy atom. The number of hydrogen-bond acceptors (Lipinski definition) is 5. The van der Waals surface area contributed by atoms with E-state index in [-0.39, 0.29) is 16.7 Å². The third-order valence-electron chi connectivity index (χ3n) is 3.31. The van der Waals surface area contributed by atoms with Gasteiger partial charge in [0.05, 0.1) is 11.3 Å². The molecule has 1 aliphatic rings. The van der Waals surface area contributed by atoms with Gasteiger partial charge < -0.3 is 10.1 Å². The molecule has 1 aliphatic heterocycles. The highest BCUT2D eigenvalue weighted by Crippen LogP contribution is 2.26. The molecule has 0 aliphatic carbocycles. The summed E-state index contributed by atoms with van der Waals surface area (Å²) in [5, 5.41) is 2.88. The molecule has 1 atom stereocenters. The lowest BCUT2D eigenvalue weighted by Gasteiger charge is -2.35. The fourth-order valence-corrected chi connectivity index (χ4v) is 3.81. The fourth-order valence-electron chi connectivity index (χ4n) is 2.40. The highest BCUT2D eigenvalue weighted by Gasteiger charge is 2.32. The minimum Gasteiger partial charge on any atom is -0.386 e. The number of nitrogens with one attached hydrogen (secondary N) is 2. The van der Waals surface area contributed by atoms with Crippen LogP contribution >= 0.6 is 0 Å². The molecule has 0 spiro atoms. The van der Waals surface area contributed by atoms with E-state index in [2.05, 4.69) is 15.0 Å². The Balaban J connectivity index is 2.19. The van der Waals surface area contributed by atoms with Crippen molar-refractivity contribution in [1.82, 2.24) is 9.71 Å². The van der Waals surface area contributed by atoms with Crippen LogP contribution < -0.4 is 10.0 Å². The summed E-state index contributed by atoms with van der Waals surface area (Å²) >= 11 is 0. The van der Waals surface area contributed by atoms with Gasteiger partial charge in [0.2, 0.25) is 0 Å². The first-order valence-electron chi connectivity index (χ1n) is 6.63. The van der Waals surface area contributed by atoms with Crippen molar-refractivity contribution in [3.05, 3.63) is 18.3 Å². The second-order valence-corrected chi connectivity index (χ2v) is 7.15. The van der Waals surface area contributed by atoms with Gasteiger partial charge in [-0.3, -0.25) is 0 Å². The van der Waals surface area contributed by atoms with Crippen molar-refractivity contribution in [3.63, 3.8) is 0 Å². The van der Waals surface area contributed by atoms with Crippen LogP contribution in [0.4, 0.5) is 5.69 Å². The number of rotatable bonds is 4. The Hall–Kier alpha value is -1.18. The van der Waals surface area contributed by atoms with Gasteiger partial charge in [-0.25, -0.2) is 18.1 Å². The van der Waals surface area contributed by atoms with E-state index in [9.17, 15) is 8.42 Å².